The summed E-state index contributed by atoms with van der Waals surface area (Å²) in [6.45, 7) is 0.00270. The molecule has 0 aliphatic carbocycles. The number of hydrogen-bond donors (Lipinski definition) is 1. The van der Waals surface area contributed by atoms with Crippen LogP contribution in [0.25, 0.3) is 0 Å². The van der Waals surface area contributed by atoms with E-state index in [1.165, 1.54) is 30.3 Å². The zero-order chi connectivity index (χ0) is 16.8. The fourth-order valence-electron chi connectivity index (χ4n) is 2.44. The lowest BCUT2D eigenvalue weighted by Gasteiger charge is -2.33. The van der Waals surface area contributed by atoms with Crippen LogP contribution in [-0.4, -0.2) is 54.0 Å². The molecule has 0 spiro atoms. The molecule has 1 atom stereocenters. The van der Waals surface area contributed by atoms with Crippen molar-refractivity contribution >= 4 is 17.8 Å². The average Bonchev–Trinajstić information content (AvgIpc) is 2.59. The summed E-state index contributed by atoms with van der Waals surface area (Å²) in [5, 5.41) is 0. The first kappa shape index (κ1) is 16.7. The molecule has 1 aliphatic heterocycles. The average molecular weight is 321 g/mol. The summed E-state index contributed by atoms with van der Waals surface area (Å²) >= 11 is 0. The molecule has 2 heterocycles. The summed E-state index contributed by atoms with van der Waals surface area (Å²) in [5.74, 6) is -1.26. The summed E-state index contributed by atoms with van der Waals surface area (Å²) in [5.41, 5.74) is 5.52. The molecule has 1 aromatic heterocycles. The summed E-state index contributed by atoms with van der Waals surface area (Å²) in [7, 11) is 1.47. The van der Waals surface area contributed by atoms with Crippen molar-refractivity contribution in [1.29, 1.82) is 0 Å². The number of ether oxygens (including phenoxy) is 2. The lowest BCUT2D eigenvalue weighted by molar-refractivity contribution is -0.143. The van der Waals surface area contributed by atoms with Crippen LogP contribution in [0.5, 0.6) is 5.88 Å². The summed E-state index contributed by atoms with van der Waals surface area (Å²) in [6.07, 6.45) is 3.48. The van der Waals surface area contributed by atoms with Gasteiger partial charge >= 0.3 is 5.97 Å². The largest absolute Gasteiger partial charge is 0.481 e. The quantitative estimate of drug-likeness (QED) is 0.771. The molecule has 2 rings (SSSR count). The molecule has 1 unspecified atom stereocenters. The molecule has 124 valence electrons. The number of carbonyl (C=O) groups excluding carboxylic acids is 3. The summed E-state index contributed by atoms with van der Waals surface area (Å²) in [4.78, 5) is 40.7. The third-order valence-corrected chi connectivity index (χ3v) is 3.66. The maximum absolute atomic E-state index is 12.2. The van der Waals surface area contributed by atoms with Crippen molar-refractivity contribution in [1.82, 2.24) is 9.88 Å². The number of primary amides is 1. The Morgan fingerprint density at radius 2 is 2.13 bits per heavy atom. The first-order valence-corrected chi connectivity index (χ1v) is 7.29. The van der Waals surface area contributed by atoms with E-state index in [1.807, 2.05) is 0 Å². The molecule has 0 bridgehead atoms. The van der Waals surface area contributed by atoms with Crippen molar-refractivity contribution in [3.8, 4) is 5.88 Å². The summed E-state index contributed by atoms with van der Waals surface area (Å²) in [6, 6.07) is 2.38. The molecule has 1 saturated heterocycles. The van der Waals surface area contributed by atoms with Crippen LogP contribution in [0.2, 0.25) is 0 Å². The van der Waals surface area contributed by atoms with Gasteiger partial charge in [0.25, 0.3) is 5.91 Å². The molecule has 0 radical (unpaired) electrons. The Bertz CT molecular complexity index is 587. The van der Waals surface area contributed by atoms with Crippen molar-refractivity contribution in [2.75, 3.05) is 20.3 Å². The Balaban J connectivity index is 1.92. The standard InChI is InChI=1S/C15H19N3O5/c1-22-12-6-5-10(8-17-12)15(21)23-9-13(19)18-7-3-2-4-11(18)14(16)20/h5-6,8,11H,2-4,7,9H2,1H3,(H2,16,20). The second-order valence-electron chi connectivity index (χ2n) is 5.17. The minimum atomic E-state index is -0.666. The van der Waals surface area contributed by atoms with Gasteiger partial charge in [-0.1, -0.05) is 0 Å². The third-order valence-electron chi connectivity index (χ3n) is 3.66. The minimum absolute atomic E-state index is 0.212. The Kier molecular flexibility index (Phi) is 5.51. The zero-order valence-corrected chi connectivity index (χ0v) is 12.9. The van der Waals surface area contributed by atoms with Gasteiger partial charge in [0, 0.05) is 18.8 Å². The number of pyridine rings is 1. The van der Waals surface area contributed by atoms with Gasteiger partial charge in [0.05, 0.1) is 12.7 Å². The smallest absolute Gasteiger partial charge is 0.340 e. The Morgan fingerprint density at radius 3 is 2.74 bits per heavy atom. The normalized spacial score (nSPS) is 17.4. The van der Waals surface area contributed by atoms with Crippen molar-refractivity contribution < 1.29 is 23.9 Å². The lowest BCUT2D eigenvalue weighted by atomic mass is 10.0. The first-order chi connectivity index (χ1) is 11.0. The van der Waals surface area contributed by atoms with Crippen LogP contribution >= 0.6 is 0 Å². The van der Waals surface area contributed by atoms with Crippen LogP contribution < -0.4 is 10.5 Å². The highest BCUT2D eigenvalue weighted by atomic mass is 16.5. The second-order valence-corrected chi connectivity index (χ2v) is 5.17. The molecule has 23 heavy (non-hydrogen) atoms. The van der Waals surface area contributed by atoms with E-state index in [2.05, 4.69) is 4.98 Å². The number of aromatic nitrogens is 1. The van der Waals surface area contributed by atoms with Crippen molar-refractivity contribution in [3.05, 3.63) is 23.9 Å². The highest BCUT2D eigenvalue weighted by Crippen LogP contribution is 2.17. The molecule has 1 fully saturated rings. The number of rotatable bonds is 5. The highest BCUT2D eigenvalue weighted by molar-refractivity contribution is 5.92. The van der Waals surface area contributed by atoms with Crippen LogP contribution in [-0.2, 0) is 14.3 Å². The van der Waals surface area contributed by atoms with Gasteiger partial charge in [-0.05, 0) is 25.3 Å². The van der Waals surface area contributed by atoms with Gasteiger partial charge in [-0.15, -0.1) is 0 Å². The first-order valence-electron chi connectivity index (χ1n) is 7.29. The van der Waals surface area contributed by atoms with E-state index < -0.39 is 30.4 Å². The number of carbonyl (C=O) groups is 3. The molecular formula is C15H19N3O5. The van der Waals surface area contributed by atoms with E-state index in [0.717, 1.165) is 12.8 Å². The van der Waals surface area contributed by atoms with Crippen molar-refractivity contribution in [2.24, 2.45) is 5.73 Å². The van der Waals surface area contributed by atoms with Gasteiger partial charge in [-0.25, -0.2) is 9.78 Å². The van der Waals surface area contributed by atoms with E-state index in [9.17, 15) is 14.4 Å². The van der Waals surface area contributed by atoms with E-state index >= 15 is 0 Å². The molecule has 1 aromatic rings. The predicted octanol–water partition coefficient (Wildman–Crippen LogP) is 0.113. The minimum Gasteiger partial charge on any atom is -0.481 e. The number of esters is 1. The molecule has 8 heteroatoms. The fourth-order valence-corrected chi connectivity index (χ4v) is 2.44. The molecule has 0 saturated carbocycles. The molecule has 2 N–H and O–H groups in total. The van der Waals surface area contributed by atoms with Crippen LogP contribution in [0.3, 0.4) is 0 Å². The van der Waals surface area contributed by atoms with Crippen molar-refractivity contribution in [3.63, 3.8) is 0 Å². The van der Waals surface area contributed by atoms with Gasteiger partial charge < -0.3 is 20.1 Å². The van der Waals surface area contributed by atoms with E-state index in [0.29, 0.717) is 18.8 Å². The van der Waals surface area contributed by atoms with Gasteiger partial charge in [0.15, 0.2) is 6.61 Å². The van der Waals surface area contributed by atoms with Gasteiger partial charge in [-0.2, -0.15) is 0 Å². The molecule has 1 aliphatic rings. The van der Waals surface area contributed by atoms with E-state index in [4.69, 9.17) is 15.2 Å². The monoisotopic (exact) mass is 321 g/mol. The van der Waals surface area contributed by atoms with Crippen LogP contribution in [0.1, 0.15) is 29.6 Å². The number of hydrogen-bond acceptors (Lipinski definition) is 6. The maximum Gasteiger partial charge on any atom is 0.340 e. The fraction of sp³-hybridized carbons (Fsp3) is 0.467. The second kappa shape index (κ2) is 7.57. The van der Waals surface area contributed by atoms with Gasteiger partial charge in [0.2, 0.25) is 11.8 Å². The van der Waals surface area contributed by atoms with Gasteiger partial charge in [0.1, 0.15) is 6.04 Å². The number of nitrogens with zero attached hydrogens (tertiary/aromatic N) is 2. The number of methoxy groups -OCH3 is 1. The number of piperidine rings is 1. The Morgan fingerprint density at radius 1 is 1.35 bits per heavy atom. The topological polar surface area (TPSA) is 112 Å². The SMILES string of the molecule is COc1ccc(C(=O)OCC(=O)N2CCCCC2C(N)=O)cn1. The molecule has 0 aromatic carbocycles. The molecule has 8 nitrogen and oxygen atoms in total. The lowest BCUT2D eigenvalue weighted by Crippen LogP contribution is -2.51. The zero-order valence-electron chi connectivity index (χ0n) is 12.9. The Labute approximate surface area is 133 Å². The predicted molar refractivity (Wildman–Crippen MR) is 79.6 cm³/mol. The van der Waals surface area contributed by atoms with Crippen LogP contribution in [0, 0.1) is 0 Å². The number of nitrogens with two attached hydrogens (primary N) is 1. The molecular weight excluding hydrogens is 302 g/mol. The van der Waals surface area contributed by atoms with Gasteiger partial charge in [-0.3, -0.25) is 9.59 Å². The number of likely N-dealkylation sites (tertiary alicyclic amines) is 1. The van der Waals surface area contributed by atoms with Crippen LogP contribution in [0.15, 0.2) is 18.3 Å². The number of amides is 2. The van der Waals surface area contributed by atoms with Crippen LogP contribution in [0.4, 0.5) is 0 Å². The van der Waals surface area contributed by atoms with E-state index in [-0.39, 0.29) is 5.56 Å². The van der Waals surface area contributed by atoms with Crippen molar-refractivity contribution in [2.45, 2.75) is 25.3 Å². The Hall–Kier alpha value is -2.64. The maximum atomic E-state index is 12.2. The van der Waals surface area contributed by atoms with E-state index in [1.54, 1.807) is 0 Å². The third kappa shape index (κ3) is 4.18. The molecule has 2 amide bonds. The summed E-state index contributed by atoms with van der Waals surface area (Å²) < 4.78 is 9.87. The highest BCUT2D eigenvalue weighted by Gasteiger charge is 2.31.